The minimum atomic E-state index is -0.972. The number of hydrogen-bond donors (Lipinski definition) is 1. The van der Waals surface area contributed by atoms with Crippen LogP contribution in [0.25, 0.3) is 4.91 Å². The molecule has 1 rings (SSSR count). The Morgan fingerprint density at radius 1 is 1.17 bits per heavy atom. The lowest BCUT2D eigenvalue weighted by Crippen LogP contribution is -2.21. The van der Waals surface area contributed by atoms with Crippen LogP contribution in [0.2, 0.25) is 0 Å². The van der Waals surface area contributed by atoms with Gasteiger partial charge in [-0.05, 0) is 66.7 Å². The molecular formula is C26H36O3S. The van der Waals surface area contributed by atoms with E-state index in [0.717, 1.165) is 41.1 Å². The summed E-state index contributed by atoms with van der Waals surface area (Å²) in [5.74, 6) is 0.615. The highest BCUT2D eigenvalue weighted by atomic mass is 32.2. The summed E-state index contributed by atoms with van der Waals surface area (Å²) in [6.07, 6.45) is 11.1. The number of hydrogen-bond acceptors (Lipinski definition) is 3. The summed E-state index contributed by atoms with van der Waals surface area (Å²) in [7, 11) is 0. The standard InChI is InChI=1S/C26H36O3S/c1-7-11-14-22(13-9-3)21(10-4)18-29-25-16-23(15-24(17-25)26(27)28)20(6)30-19(5)12-8-2/h7-8,12,15-17,21-22H,1-2,6,9-11,13-14,18H2,3-5H3,(H,27,28)/b19-12-/t21-,22?/m0/s1. The maximum atomic E-state index is 11.6. The van der Waals surface area contributed by atoms with Crippen LogP contribution in [0.15, 0.2) is 61.1 Å². The number of ether oxygens (including phenoxy) is 1. The fourth-order valence-electron chi connectivity index (χ4n) is 3.53. The van der Waals surface area contributed by atoms with E-state index in [1.807, 2.05) is 25.1 Å². The van der Waals surface area contributed by atoms with Crippen LogP contribution in [0.3, 0.4) is 0 Å². The average Bonchev–Trinajstić information content (AvgIpc) is 2.72. The second-order valence-corrected chi connectivity index (χ2v) is 8.82. The lowest BCUT2D eigenvalue weighted by atomic mass is 9.84. The SMILES string of the molecule is C=C/C=C(/C)SC(=C)c1cc(OC[C@H](CC)C(CCC)CCC=C)cc(C(=O)O)c1. The van der Waals surface area contributed by atoms with Crippen molar-refractivity contribution in [2.75, 3.05) is 6.61 Å². The van der Waals surface area contributed by atoms with Crippen molar-refractivity contribution in [2.24, 2.45) is 11.8 Å². The van der Waals surface area contributed by atoms with Gasteiger partial charge in [0.2, 0.25) is 0 Å². The van der Waals surface area contributed by atoms with Gasteiger partial charge < -0.3 is 9.84 Å². The number of aromatic carboxylic acids is 1. The Labute approximate surface area is 186 Å². The summed E-state index contributed by atoms with van der Waals surface area (Å²) in [5, 5.41) is 9.53. The van der Waals surface area contributed by atoms with Gasteiger partial charge in [0.05, 0.1) is 12.2 Å². The van der Waals surface area contributed by atoms with Crippen molar-refractivity contribution < 1.29 is 14.6 Å². The van der Waals surface area contributed by atoms with E-state index in [0.29, 0.717) is 24.2 Å². The van der Waals surface area contributed by atoms with Gasteiger partial charge in [0.25, 0.3) is 0 Å². The van der Waals surface area contributed by atoms with E-state index in [9.17, 15) is 9.90 Å². The average molecular weight is 429 g/mol. The van der Waals surface area contributed by atoms with Crippen LogP contribution in [0, 0.1) is 11.8 Å². The first-order chi connectivity index (χ1) is 14.4. The number of carbonyl (C=O) groups is 1. The summed E-state index contributed by atoms with van der Waals surface area (Å²) in [4.78, 5) is 13.4. The molecule has 1 aromatic rings. The van der Waals surface area contributed by atoms with Gasteiger partial charge in [-0.3, -0.25) is 0 Å². The summed E-state index contributed by atoms with van der Waals surface area (Å²) >= 11 is 1.49. The van der Waals surface area contributed by atoms with Crippen molar-refractivity contribution in [1.82, 2.24) is 0 Å². The molecule has 0 aliphatic rings. The van der Waals surface area contributed by atoms with E-state index in [4.69, 9.17) is 4.74 Å². The first-order valence-electron chi connectivity index (χ1n) is 10.6. The van der Waals surface area contributed by atoms with Gasteiger partial charge in [-0.1, -0.05) is 69.8 Å². The summed E-state index contributed by atoms with van der Waals surface area (Å²) < 4.78 is 6.13. The Hall–Kier alpha value is -2.20. The van der Waals surface area contributed by atoms with Crippen LogP contribution < -0.4 is 4.74 Å². The van der Waals surface area contributed by atoms with Crippen molar-refractivity contribution >= 4 is 22.6 Å². The predicted octanol–water partition coefficient (Wildman–Crippen LogP) is 7.97. The molecule has 0 radical (unpaired) electrons. The Morgan fingerprint density at radius 3 is 2.43 bits per heavy atom. The van der Waals surface area contributed by atoms with Gasteiger partial charge >= 0.3 is 5.97 Å². The molecule has 0 aliphatic heterocycles. The molecule has 0 aromatic heterocycles. The molecular weight excluding hydrogens is 392 g/mol. The fourth-order valence-corrected chi connectivity index (χ4v) is 4.32. The predicted molar refractivity (Wildman–Crippen MR) is 131 cm³/mol. The zero-order chi connectivity index (χ0) is 22.5. The third-order valence-corrected chi connectivity index (χ3v) is 6.11. The van der Waals surface area contributed by atoms with Crippen LogP contribution in [0.4, 0.5) is 0 Å². The highest BCUT2D eigenvalue weighted by Gasteiger charge is 2.20. The largest absolute Gasteiger partial charge is 0.493 e. The summed E-state index contributed by atoms with van der Waals surface area (Å²) in [6, 6.07) is 5.13. The maximum Gasteiger partial charge on any atom is 0.335 e. The Balaban J connectivity index is 3.03. The molecule has 1 unspecified atom stereocenters. The molecule has 1 aromatic carbocycles. The van der Waals surface area contributed by atoms with E-state index in [2.05, 4.69) is 33.6 Å². The van der Waals surface area contributed by atoms with E-state index < -0.39 is 5.97 Å². The van der Waals surface area contributed by atoms with Gasteiger partial charge in [0.15, 0.2) is 0 Å². The zero-order valence-electron chi connectivity index (χ0n) is 18.7. The molecule has 1 N–H and O–H groups in total. The number of carboxylic acid groups (broad SMARTS) is 1. The van der Waals surface area contributed by atoms with Crippen molar-refractivity contribution in [3.05, 3.63) is 72.2 Å². The van der Waals surface area contributed by atoms with E-state index >= 15 is 0 Å². The summed E-state index contributed by atoms with van der Waals surface area (Å²) in [5.41, 5.74) is 0.968. The molecule has 0 saturated carbocycles. The summed E-state index contributed by atoms with van der Waals surface area (Å²) in [6.45, 7) is 18.6. The molecule has 0 bridgehead atoms. The van der Waals surface area contributed by atoms with Crippen molar-refractivity contribution in [2.45, 2.75) is 52.9 Å². The Kier molecular flexibility index (Phi) is 12.0. The number of thioether (sulfide) groups is 1. The molecule has 30 heavy (non-hydrogen) atoms. The highest BCUT2D eigenvalue weighted by Crippen LogP contribution is 2.35. The van der Waals surface area contributed by atoms with Crippen LogP contribution in [-0.2, 0) is 0 Å². The topological polar surface area (TPSA) is 46.5 Å². The third-order valence-electron chi connectivity index (χ3n) is 5.17. The molecule has 0 aliphatic carbocycles. The van der Waals surface area contributed by atoms with Crippen LogP contribution in [0.1, 0.15) is 68.8 Å². The normalized spacial score (nSPS) is 13.4. The minimum Gasteiger partial charge on any atom is -0.493 e. The molecule has 0 heterocycles. The molecule has 3 nitrogen and oxygen atoms in total. The number of benzene rings is 1. The first kappa shape index (κ1) is 25.8. The van der Waals surface area contributed by atoms with E-state index in [1.54, 1.807) is 18.2 Å². The van der Waals surface area contributed by atoms with Gasteiger partial charge in [-0.25, -0.2) is 4.79 Å². The molecule has 4 heteroatoms. The Morgan fingerprint density at radius 2 is 1.87 bits per heavy atom. The molecule has 0 spiro atoms. The van der Waals surface area contributed by atoms with Crippen molar-refractivity contribution in [1.29, 1.82) is 0 Å². The fraction of sp³-hybridized carbons (Fsp3) is 0.423. The van der Waals surface area contributed by atoms with Crippen LogP contribution in [-0.4, -0.2) is 17.7 Å². The quantitative estimate of drug-likeness (QED) is 0.227. The molecule has 164 valence electrons. The number of allylic oxidation sites excluding steroid dienone is 4. The van der Waals surface area contributed by atoms with E-state index in [1.165, 1.54) is 18.2 Å². The maximum absolute atomic E-state index is 11.6. The second kappa shape index (κ2) is 13.9. The van der Waals surface area contributed by atoms with Crippen molar-refractivity contribution in [3.63, 3.8) is 0 Å². The monoisotopic (exact) mass is 428 g/mol. The molecule has 2 atom stereocenters. The van der Waals surface area contributed by atoms with Gasteiger partial charge in [-0.2, -0.15) is 0 Å². The Bertz CT molecular complexity index is 764. The second-order valence-electron chi connectivity index (χ2n) is 7.48. The van der Waals surface area contributed by atoms with Crippen LogP contribution in [0.5, 0.6) is 5.75 Å². The van der Waals surface area contributed by atoms with Crippen LogP contribution >= 0.6 is 11.8 Å². The highest BCUT2D eigenvalue weighted by molar-refractivity contribution is 8.11. The van der Waals surface area contributed by atoms with Gasteiger partial charge in [0, 0.05) is 4.91 Å². The first-order valence-corrected chi connectivity index (χ1v) is 11.5. The molecule has 0 amide bonds. The third kappa shape index (κ3) is 8.66. The lowest BCUT2D eigenvalue weighted by Gasteiger charge is -2.26. The lowest BCUT2D eigenvalue weighted by molar-refractivity contribution is 0.0696. The minimum absolute atomic E-state index is 0.208. The number of carboxylic acids is 1. The van der Waals surface area contributed by atoms with Crippen molar-refractivity contribution in [3.8, 4) is 5.75 Å². The molecule has 0 saturated heterocycles. The van der Waals surface area contributed by atoms with Gasteiger partial charge in [0.1, 0.15) is 5.75 Å². The smallest absolute Gasteiger partial charge is 0.335 e. The molecule has 0 fully saturated rings. The van der Waals surface area contributed by atoms with Gasteiger partial charge in [-0.15, -0.1) is 6.58 Å². The number of rotatable bonds is 15. The zero-order valence-corrected chi connectivity index (χ0v) is 19.5. The van der Waals surface area contributed by atoms with E-state index in [-0.39, 0.29) is 5.56 Å².